The molecule has 1 aromatic heterocycles. The number of aromatic nitrogens is 3. The number of carbonyl (C=O) groups is 1. The third kappa shape index (κ3) is 3.18. The molecule has 1 saturated heterocycles. The van der Waals surface area contributed by atoms with E-state index >= 15 is 0 Å². The number of amides is 1. The number of benzene rings is 1. The summed E-state index contributed by atoms with van der Waals surface area (Å²) in [5, 5.41) is 8.14. The van der Waals surface area contributed by atoms with E-state index in [-0.39, 0.29) is 5.91 Å². The lowest BCUT2D eigenvalue weighted by atomic mass is 9.99. The summed E-state index contributed by atoms with van der Waals surface area (Å²) in [5.41, 5.74) is 1.30. The average Bonchev–Trinajstić information content (AvgIpc) is 3.08. The Morgan fingerprint density at radius 2 is 2.05 bits per heavy atom. The summed E-state index contributed by atoms with van der Waals surface area (Å²) in [6.45, 7) is 5.55. The Hall–Kier alpha value is -2.17. The summed E-state index contributed by atoms with van der Waals surface area (Å²) in [4.78, 5) is 14.2. The van der Waals surface area contributed by atoms with Gasteiger partial charge in [0.15, 0.2) is 5.82 Å². The molecule has 1 aliphatic heterocycles. The van der Waals surface area contributed by atoms with Crippen molar-refractivity contribution in [3.05, 3.63) is 48.0 Å². The van der Waals surface area contributed by atoms with E-state index in [1.165, 1.54) is 5.56 Å². The second kappa shape index (κ2) is 6.30. The summed E-state index contributed by atoms with van der Waals surface area (Å²) >= 11 is 0. The third-order valence-corrected chi connectivity index (χ3v) is 4.20. The van der Waals surface area contributed by atoms with E-state index in [4.69, 9.17) is 0 Å². The SMILES string of the molecule is CC(C)n1cnnc1CN1C[C@@H](Cc2ccccc2)CC1=O. The smallest absolute Gasteiger partial charge is 0.223 e. The zero-order chi connectivity index (χ0) is 15.5. The summed E-state index contributed by atoms with van der Waals surface area (Å²) < 4.78 is 2.03. The first-order chi connectivity index (χ1) is 10.6. The highest BCUT2D eigenvalue weighted by atomic mass is 16.2. The van der Waals surface area contributed by atoms with Gasteiger partial charge < -0.3 is 9.47 Å². The fraction of sp³-hybridized carbons (Fsp3) is 0.471. The molecule has 116 valence electrons. The van der Waals surface area contributed by atoms with E-state index in [1.54, 1.807) is 6.33 Å². The van der Waals surface area contributed by atoms with Gasteiger partial charge in [0.2, 0.25) is 5.91 Å². The van der Waals surface area contributed by atoms with E-state index in [0.717, 1.165) is 18.8 Å². The predicted octanol–water partition coefficient (Wildman–Crippen LogP) is 2.45. The van der Waals surface area contributed by atoms with Crippen molar-refractivity contribution in [2.45, 2.75) is 39.3 Å². The van der Waals surface area contributed by atoms with Gasteiger partial charge in [-0.3, -0.25) is 4.79 Å². The fourth-order valence-corrected chi connectivity index (χ4v) is 3.07. The Kier molecular flexibility index (Phi) is 4.22. The van der Waals surface area contributed by atoms with E-state index in [9.17, 15) is 4.79 Å². The normalized spacial score (nSPS) is 18.4. The first kappa shape index (κ1) is 14.8. The van der Waals surface area contributed by atoms with Crippen molar-refractivity contribution in [2.75, 3.05) is 6.54 Å². The highest BCUT2D eigenvalue weighted by Crippen LogP contribution is 2.23. The first-order valence-electron chi connectivity index (χ1n) is 7.83. The average molecular weight is 298 g/mol. The molecule has 5 heteroatoms. The molecular formula is C17H22N4O. The lowest BCUT2D eigenvalue weighted by molar-refractivity contribution is -0.128. The molecule has 5 nitrogen and oxygen atoms in total. The van der Waals surface area contributed by atoms with Crippen LogP contribution in [0.4, 0.5) is 0 Å². The third-order valence-electron chi connectivity index (χ3n) is 4.20. The Morgan fingerprint density at radius 3 is 2.77 bits per heavy atom. The minimum Gasteiger partial charge on any atom is -0.335 e. The molecule has 2 aromatic rings. The lowest BCUT2D eigenvalue weighted by Gasteiger charge is -2.18. The number of nitrogens with zero attached hydrogens (tertiary/aromatic N) is 4. The zero-order valence-electron chi connectivity index (χ0n) is 13.1. The Labute approximate surface area is 131 Å². The standard InChI is InChI=1S/C17H22N4O/c1-13(2)21-12-18-19-16(21)11-20-10-15(9-17(20)22)8-14-6-4-3-5-7-14/h3-7,12-13,15H,8-11H2,1-2H3/t15-/m0/s1. The molecule has 22 heavy (non-hydrogen) atoms. The van der Waals surface area contributed by atoms with E-state index in [1.807, 2.05) is 15.5 Å². The predicted molar refractivity (Wildman–Crippen MR) is 84.1 cm³/mol. The molecule has 0 aliphatic carbocycles. The van der Waals surface area contributed by atoms with Gasteiger partial charge in [-0.15, -0.1) is 10.2 Å². The second-order valence-electron chi connectivity index (χ2n) is 6.28. The lowest BCUT2D eigenvalue weighted by Crippen LogP contribution is -2.27. The number of carbonyl (C=O) groups excluding carboxylic acids is 1. The quantitative estimate of drug-likeness (QED) is 0.852. The number of hydrogen-bond acceptors (Lipinski definition) is 3. The Morgan fingerprint density at radius 1 is 1.27 bits per heavy atom. The maximum absolute atomic E-state index is 12.3. The first-order valence-corrected chi connectivity index (χ1v) is 7.83. The number of likely N-dealkylation sites (tertiary alicyclic amines) is 1. The maximum atomic E-state index is 12.3. The summed E-state index contributed by atoms with van der Waals surface area (Å²) in [5.74, 6) is 1.48. The largest absolute Gasteiger partial charge is 0.335 e. The van der Waals surface area contributed by atoms with Gasteiger partial charge in [-0.25, -0.2) is 0 Å². The van der Waals surface area contributed by atoms with Crippen molar-refractivity contribution in [1.82, 2.24) is 19.7 Å². The molecule has 1 aliphatic rings. The molecule has 2 heterocycles. The summed E-state index contributed by atoms with van der Waals surface area (Å²) in [6, 6.07) is 10.7. The topological polar surface area (TPSA) is 51.0 Å². The summed E-state index contributed by atoms with van der Waals surface area (Å²) in [6.07, 6.45) is 3.33. The van der Waals surface area contributed by atoms with Gasteiger partial charge in [0.05, 0.1) is 6.54 Å². The molecule has 1 amide bonds. The molecule has 0 N–H and O–H groups in total. The highest BCUT2D eigenvalue weighted by molar-refractivity contribution is 5.78. The van der Waals surface area contributed by atoms with Gasteiger partial charge in [0.25, 0.3) is 0 Å². The van der Waals surface area contributed by atoms with Crippen molar-refractivity contribution in [3.8, 4) is 0 Å². The van der Waals surface area contributed by atoms with Crippen LogP contribution < -0.4 is 0 Å². The van der Waals surface area contributed by atoms with Crippen molar-refractivity contribution in [2.24, 2.45) is 5.92 Å². The molecular weight excluding hydrogens is 276 g/mol. The van der Waals surface area contributed by atoms with Crippen LogP contribution >= 0.6 is 0 Å². The van der Waals surface area contributed by atoms with E-state index in [2.05, 4.69) is 48.3 Å². The van der Waals surface area contributed by atoms with Crippen LogP contribution in [0.25, 0.3) is 0 Å². The maximum Gasteiger partial charge on any atom is 0.223 e. The van der Waals surface area contributed by atoms with Crippen LogP contribution in [-0.2, 0) is 17.8 Å². The van der Waals surface area contributed by atoms with Crippen LogP contribution in [0.1, 0.15) is 37.7 Å². The molecule has 1 aromatic carbocycles. The second-order valence-corrected chi connectivity index (χ2v) is 6.28. The van der Waals surface area contributed by atoms with Gasteiger partial charge in [-0.2, -0.15) is 0 Å². The van der Waals surface area contributed by atoms with Gasteiger partial charge >= 0.3 is 0 Å². The van der Waals surface area contributed by atoms with Gasteiger partial charge in [-0.1, -0.05) is 30.3 Å². The molecule has 0 radical (unpaired) electrons. The van der Waals surface area contributed by atoms with E-state index in [0.29, 0.717) is 24.9 Å². The van der Waals surface area contributed by atoms with Crippen LogP contribution in [0.15, 0.2) is 36.7 Å². The Balaban J connectivity index is 1.64. The van der Waals surface area contributed by atoms with Crippen LogP contribution in [0.3, 0.4) is 0 Å². The molecule has 1 atom stereocenters. The highest BCUT2D eigenvalue weighted by Gasteiger charge is 2.30. The number of hydrogen-bond donors (Lipinski definition) is 0. The fourth-order valence-electron chi connectivity index (χ4n) is 3.07. The van der Waals surface area contributed by atoms with Crippen molar-refractivity contribution < 1.29 is 4.79 Å². The molecule has 0 unspecified atom stereocenters. The zero-order valence-corrected chi connectivity index (χ0v) is 13.1. The minimum atomic E-state index is 0.222. The molecule has 3 rings (SSSR count). The van der Waals surface area contributed by atoms with Crippen LogP contribution in [0.5, 0.6) is 0 Å². The monoisotopic (exact) mass is 298 g/mol. The van der Waals surface area contributed by atoms with Crippen molar-refractivity contribution in [3.63, 3.8) is 0 Å². The van der Waals surface area contributed by atoms with Crippen LogP contribution in [0.2, 0.25) is 0 Å². The molecule has 0 spiro atoms. The minimum absolute atomic E-state index is 0.222. The van der Waals surface area contributed by atoms with Gasteiger partial charge in [0, 0.05) is 19.0 Å². The number of rotatable bonds is 5. The van der Waals surface area contributed by atoms with Crippen molar-refractivity contribution in [1.29, 1.82) is 0 Å². The van der Waals surface area contributed by atoms with Crippen LogP contribution in [-0.4, -0.2) is 32.1 Å². The summed E-state index contributed by atoms with van der Waals surface area (Å²) in [7, 11) is 0. The molecule has 0 bridgehead atoms. The molecule has 0 saturated carbocycles. The van der Waals surface area contributed by atoms with Gasteiger partial charge in [-0.05, 0) is 31.7 Å². The van der Waals surface area contributed by atoms with Crippen LogP contribution in [0, 0.1) is 5.92 Å². The molecule has 1 fully saturated rings. The van der Waals surface area contributed by atoms with Gasteiger partial charge in [0.1, 0.15) is 6.33 Å². The van der Waals surface area contributed by atoms with Crippen molar-refractivity contribution >= 4 is 5.91 Å². The van der Waals surface area contributed by atoms with E-state index < -0.39 is 0 Å². The Bertz CT molecular complexity index is 635.